The number of nitrogens with zero attached hydrogens (tertiary/aromatic N) is 2. The Kier molecular flexibility index (Phi) is 4.52. The lowest BCUT2D eigenvalue weighted by Gasteiger charge is -2.13. The summed E-state index contributed by atoms with van der Waals surface area (Å²) in [4.78, 5) is 14.9. The summed E-state index contributed by atoms with van der Waals surface area (Å²) < 4.78 is 5.29. The normalized spacial score (nSPS) is 11.9. The van der Waals surface area contributed by atoms with Crippen molar-refractivity contribution in [3.8, 4) is 5.75 Å². The average molecular weight is 293 g/mol. The van der Waals surface area contributed by atoms with Crippen molar-refractivity contribution in [2.45, 2.75) is 19.9 Å². The molecule has 1 aromatic carbocycles. The third-order valence-corrected chi connectivity index (χ3v) is 3.63. The number of thiazole rings is 1. The van der Waals surface area contributed by atoms with Crippen LogP contribution in [0.2, 0.25) is 0 Å². The predicted molar refractivity (Wildman–Crippen MR) is 78.4 cm³/mol. The van der Waals surface area contributed by atoms with Gasteiger partial charge in [-0.05, 0) is 26.0 Å². The minimum Gasteiger partial charge on any atom is -0.494 e. The molecule has 0 fully saturated rings. The third kappa shape index (κ3) is 3.24. The Bertz CT molecular complexity index is 587. The Hall–Kier alpha value is -2.15. The van der Waals surface area contributed by atoms with Crippen LogP contribution in [0.1, 0.15) is 24.9 Å². The highest BCUT2D eigenvalue weighted by Gasteiger charge is 2.18. The maximum atomic E-state index is 11.1. The van der Waals surface area contributed by atoms with E-state index in [1.807, 2.05) is 19.2 Å². The average Bonchev–Trinajstić information content (AvgIpc) is 2.94. The van der Waals surface area contributed by atoms with E-state index in [1.54, 1.807) is 18.3 Å². The minimum absolute atomic E-state index is 0.000596. The molecular formula is C13H15N3O3S. The van der Waals surface area contributed by atoms with Gasteiger partial charge in [0, 0.05) is 11.6 Å². The molecule has 1 unspecified atom stereocenters. The molecule has 106 valence electrons. The quantitative estimate of drug-likeness (QED) is 0.650. The van der Waals surface area contributed by atoms with Crippen LogP contribution < -0.4 is 10.1 Å². The molecule has 7 heteroatoms. The molecule has 0 saturated heterocycles. The summed E-state index contributed by atoms with van der Waals surface area (Å²) >= 11 is 1.51. The summed E-state index contributed by atoms with van der Waals surface area (Å²) in [5, 5.41) is 17.0. The first-order valence-electron chi connectivity index (χ1n) is 6.19. The van der Waals surface area contributed by atoms with Crippen molar-refractivity contribution < 1.29 is 9.66 Å². The number of hydrogen-bond acceptors (Lipinski definition) is 6. The molecule has 0 spiro atoms. The fourth-order valence-electron chi connectivity index (χ4n) is 1.78. The van der Waals surface area contributed by atoms with Crippen molar-refractivity contribution in [3.63, 3.8) is 0 Å². The molecule has 0 saturated carbocycles. The number of nitrogens with one attached hydrogen (secondary N) is 1. The predicted octanol–water partition coefficient (Wildman–Crippen LogP) is 3.62. The molecule has 0 aliphatic rings. The van der Waals surface area contributed by atoms with Crippen LogP contribution in [0.15, 0.2) is 29.8 Å². The second-order valence-electron chi connectivity index (χ2n) is 4.11. The van der Waals surface area contributed by atoms with Crippen LogP contribution in [-0.4, -0.2) is 16.5 Å². The molecular weight excluding hydrogens is 278 g/mol. The van der Waals surface area contributed by atoms with Crippen LogP contribution in [0.5, 0.6) is 5.75 Å². The Morgan fingerprint density at radius 1 is 1.55 bits per heavy atom. The Morgan fingerprint density at radius 2 is 2.35 bits per heavy atom. The maximum absolute atomic E-state index is 11.1. The summed E-state index contributed by atoms with van der Waals surface area (Å²) in [6.07, 6.45) is 1.71. The van der Waals surface area contributed by atoms with E-state index in [1.165, 1.54) is 17.4 Å². The molecule has 1 atom stereocenters. The number of hydrogen-bond donors (Lipinski definition) is 1. The first kappa shape index (κ1) is 14.3. The molecule has 0 bridgehead atoms. The molecule has 1 N–H and O–H groups in total. The van der Waals surface area contributed by atoms with E-state index in [0.29, 0.717) is 18.0 Å². The SMILES string of the molecule is CCOc1ccc(NC(C)c2nccs2)c([N+](=O)[O-])c1. The van der Waals surface area contributed by atoms with E-state index in [0.717, 1.165) is 5.01 Å². The van der Waals surface area contributed by atoms with Crippen LogP contribution in [0.3, 0.4) is 0 Å². The standard InChI is InChI=1S/C13H15N3O3S/c1-3-19-10-4-5-11(12(8-10)16(17)18)15-9(2)13-14-6-7-20-13/h4-9,15H,3H2,1-2H3. The van der Waals surface area contributed by atoms with Crippen LogP contribution in [0.4, 0.5) is 11.4 Å². The van der Waals surface area contributed by atoms with Gasteiger partial charge in [-0.15, -0.1) is 11.3 Å². The third-order valence-electron chi connectivity index (χ3n) is 2.67. The minimum atomic E-state index is -0.417. The van der Waals surface area contributed by atoms with E-state index in [-0.39, 0.29) is 11.7 Å². The number of anilines is 1. The summed E-state index contributed by atoms with van der Waals surface area (Å²) in [6, 6.07) is 4.72. The molecule has 0 amide bonds. The van der Waals surface area contributed by atoms with Crippen molar-refractivity contribution in [1.29, 1.82) is 0 Å². The Labute approximate surface area is 120 Å². The Morgan fingerprint density at radius 3 is 2.95 bits per heavy atom. The molecule has 2 aromatic rings. The van der Waals surface area contributed by atoms with Gasteiger partial charge in [0.2, 0.25) is 0 Å². The van der Waals surface area contributed by atoms with Gasteiger partial charge >= 0.3 is 0 Å². The number of benzene rings is 1. The van der Waals surface area contributed by atoms with Crippen molar-refractivity contribution in [3.05, 3.63) is 44.9 Å². The van der Waals surface area contributed by atoms with Gasteiger partial charge in [0.25, 0.3) is 5.69 Å². The number of rotatable bonds is 6. The van der Waals surface area contributed by atoms with Gasteiger partial charge in [-0.25, -0.2) is 4.98 Å². The van der Waals surface area contributed by atoms with Gasteiger partial charge in [0.15, 0.2) is 0 Å². The fourth-order valence-corrected chi connectivity index (χ4v) is 2.43. The zero-order valence-corrected chi connectivity index (χ0v) is 12.0. The van der Waals surface area contributed by atoms with E-state index < -0.39 is 4.92 Å². The van der Waals surface area contributed by atoms with Gasteiger partial charge in [0.1, 0.15) is 16.4 Å². The van der Waals surface area contributed by atoms with Gasteiger partial charge in [-0.2, -0.15) is 0 Å². The summed E-state index contributed by atoms with van der Waals surface area (Å²) in [6.45, 7) is 4.22. The number of nitro benzene ring substituents is 1. The van der Waals surface area contributed by atoms with Crippen LogP contribution in [-0.2, 0) is 0 Å². The van der Waals surface area contributed by atoms with Crippen LogP contribution in [0, 0.1) is 10.1 Å². The molecule has 2 rings (SSSR count). The van der Waals surface area contributed by atoms with Crippen molar-refractivity contribution in [1.82, 2.24) is 4.98 Å². The highest BCUT2D eigenvalue weighted by atomic mass is 32.1. The molecule has 0 aliphatic carbocycles. The molecule has 0 aliphatic heterocycles. The zero-order valence-electron chi connectivity index (χ0n) is 11.2. The van der Waals surface area contributed by atoms with Gasteiger partial charge in [-0.3, -0.25) is 10.1 Å². The maximum Gasteiger partial charge on any atom is 0.296 e. The molecule has 1 aromatic heterocycles. The van der Waals surface area contributed by atoms with E-state index in [4.69, 9.17) is 4.74 Å². The van der Waals surface area contributed by atoms with E-state index in [2.05, 4.69) is 10.3 Å². The van der Waals surface area contributed by atoms with E-state index >= 15 is 0 Å². The summed E-state index contributed by atoms with van der Waals surface area (Å²) in [7, 11) is 0. The van der Waals surface area contributed by atoms with Gasteiger partial charge in [-0.1, -0.05) is 0 Å². The molecule has 6 nitrogen and oxygen atoms in total. The number of ether oxygens (including phenoxy) is 1. The van der Waals surface area contributed by atoms with Gasteiger partial charge < -0.3 is 10.1 Å². The monoisotopic (exact) mass is 293 g/mol. The van der Waals surface area contributed by atoms with E-state index in [9.17, 15) is 10.1 Å². The van der Waals surface area contributed by atoms with Crippen LogP contribution >= 0.6 is 11.3 Å². The number of aromatic nitrogens is 1. The van der Waals surface area contributed by atoms with Gasteiger partial charge in [0.05, 0.1) is 23.6 Å². The van der Waals surface area contributed by atoms with Crippen molar-refractivity contribution in [2.24, 2.45) is 0 Å². The Balaban J connectivity index is 2.24. The topological polar surface area (TPSA) is 77.3 Å². The second kappa shape index (κ2) is 6.33. The number of nitro groups is 1. The zero-order chi connectivity index (χ0) is 14.5. The largest absolute Gasteiger partial charge is 0.494 e. The first-order valence-corrected chi connectivity index (χ1v) is 7.07. The second-order valence-corrected chi connectivity index (χ2v) is 5.03. The highest BCUT2D eigenvalue weighted by Crippen LogP contribution is 2.32. The lowest BCUT2D eigenvalue weighted by atomic mass is 10.2. The summed E-state index contributed by atoms with van der Waals surface area (Å²) in [5.41, 5.74) is 0.459. The molecule has 1 heterocycles. The van der Waals surface area contributed by atoms with Crippen molar-refractivity contribution in [2.75, 3.05) is 11.9 Å². The van der Waals surface area contributed by atoms with Crippen LogP contribution in [0.25, 0.3) is 0 Å². The lowest BCUT2D eigenvalue weighted by molar-refractivity contribution is -0.384. The lowest BCUT2D eigenvalue weighted by Crippen LogP contribution is -2.08. The fraction of sp³-hybridized carbons (Fsp3) is 0.308. The highest BCUT2D eigenvalue weighted by molar-refractivity contribution is 7.09. The molecule has 0 radical (unpaired) electrons. The van der Waals surface area contributed by atoms with Crippen molar-refractivity contribution >= 4 is 22.7 Å². The molecule has 20 heavy (non-hydrogen) atoms. The first-order chi connectivity index (χ1) is 9.61. The summed E-state index contributed by atoms with van der Waals surface area (Å²) in [5.74, 6) is 0.492. The smallest absolute Gasteiger partial charge is 0.296 e.